The summed E-state index contributed by atoms with van der Waals surface area (Å²) in [5, 5.41) is 56.6. The monoisotopic (exact) mass is 2330 g/mol. The molecule has 0 atom stereocenters. The fraction of sp³-hybridized carbons (Fsp3) is 0.0316. The number of aryl methyl sites for hydroxylation is 2. The predicted octanol–water partition coefficient (Wildman–Crippen LogP) is 27.7. The second-order valence-electron chi connectivity index (χ2n) is 26.9. The normalized spacial score (nSPS) is 11.2. The number of alkyl halides is 3. The van der Waals surface area contributed by atoms with Crippen molar-refractivity contribution >= 4 is 183 Å². The van der Waals surface area contributed by atoms with Crippen LogP contribution in [0.25, 0.3) is 169 Å². The van der Waals surface area contributed by atoms with Crippen molar-refractivity contribution in [2.75, 3.05) is 0 Å². The van der Waals surface area contributed by atoms with Gasteiger partial charge in [0.05, 0.1) is 11.8 Å². The van der Waals surface area contributed by atoms with Gasteiger partial charge in [-0.25, -0.2) is 45.3 Å². The zero-order chi connectivity index (χ0) is 76.3. The molecule has 14 aromatic carbocycles. The van der Waals surface area contributed by atoms with Gasteiger partial charge in [-0.05, 0) is 182 Å². The molecule has 0 saturated heterocycles. The van der Waals surface area contributed by atoms with Crippen LogP contribution in [0.15, 0.2) is 291 Å². The van der Waals surface area contributed by atoms with E-state index in [2.05, 4.69) is 211 Å². The molecule has 4 radical (unpaired) electrons. The maximum absolute atomic E-state index is 12.9. The molecule has 22 aromatic rings. The van der Waals surface area contributed by atoms with Gasteiger partial charge in [0, 0.05) is 119 Å². The Hall–Kier alpha value is -10.4. The average molecular weight is 2330 g/mol. The molecular weight excluding hydrogens is 2270 g/mol. The van der Waals surface area contributed by atoms with Crippen LogP contribution >= 0.6 is 56.9 Å². The van der Waals surface area contributed by atoms with Crippen LogP contribution in [0.2, 0.25) is 5.15 Å². The number of benzene rings is 14. The number of aromatic nitrogens is 8. The minimum atomic E-state index is -4.41. The molecule has 0 amide bonds. The first-order valence-electron chi connectivity index (χ1n) is 35.9. The first kappa shape index (κ1) is 81.7. The van der Waals surface area contributed by atoms with E-state index in [1.807, 2.05) is 135 Å². The van der Waals surface area contributed by atoms with Crippen molar-refractivity contribution in [3.63, 3.8) is 0 Å². The Morgan fingerprint density at radius 2 is 0.624 bits per heavy atom. The van der Waals surface area contributed by atoms with E-state index in [0.717, 1.165) is 167 Å². The van der Waals surface area contributed by atoms with Crippen LogP contribution in [0.5, 0.6) is 23.3 Å². The van der Waals surface area contributed by atoms with Crippen LogP contribution in [-0.4, -0.2) is 40.8 Å². The summed E-state index contributed by atoms with van der Waals surface area (Å²) >= 11 is 13.0. The molecule has 22 rings (SSSR count). The van der Waals surface area contributed by atoms with Crippen molar-refractivity contribution in [3.05, 3.63) is 337 Å². The fourth-order valence-electron chi connectivity index (χ4n) is 14.0. The molecule has 0 unspecified atom stereocenters. The van der Waals surface area contributed by atoms with Gasteiger partial charge < -0.3 is 9.47 Å². The van der Waals surface area contributed by atoms with E-state index >= 15 is 0 Å². The summed E-state index contributed by atoms with van der Waals surface area (Å²) in [6.07, 6.45) is -2.58. The Bertz CT molecular complexity index is 7350. The second-order valence-corrected chi connectivity index (χ2v) is 31.5. The summed E-state index contributed by atoms with van der Waals surface area (Å²) in [4.78, 5) is 3.87. The third-order valence-electron chi connectivity index (χ3n) is 19.6. The molecule has 0 bridgehead atoms. The van der Waals surface area contributed by atoms with Crippen molar-refractivity contribution in [1.29, 1.82) is 0 Å². The number of nitrogens with zero attached hydrogens (tertiary/aromatic N) is 8. The number of halogens is 4. The van der Waals surface area contributed by atoms with E-state index in [9.17, 15) is 13.2 Å². The molecular formula is C95H54ClF3Ir4N8O2S4-4. The van der Waals surface area contributed by atoms with Crippen molar-refractivity contribution in [2.45, 2.75) is 20.0 Å². The third-order valence-corrected chi connectivity index (χ3v) is 24.2. The molecule has 0 aliphatic rings. The van der Waals surface area contributed by atoms with Crippen LogP contribution in [0.1, 0.15) is 16.7 Å². The van der Waals surface area contributed by atoms with E-state index < -0.39 is 11.7 Å². The number of thiophene rings is 4. The van der Waals surface area contributed by atoms with Crippen molar-refractivity contribution < 1.29 is 103 Å². The van der Waals surface area contributed by atoms with E-state index in [4.69, 9.17) is 21.1 Å². The van der Waals surface area contributed by atoms with Gasteiger partial charge in [-0.3, -0.25) is 0 Å². The van der Waals surface area contributed by atoms with Crippen LogP contribution in [-0.2, 0) is 86.6 Å². The zero-order valence-electron chi connectivity index (χ0n) is 61.1. The molecule has 8 heterocycles. The summed E-state index contributed by atoms with van der Waals surface area (Å²) in [5.74, 6) is 1.83. The van der Waals surface area contributed by atoms with Gasteiger partial charge in [0.1, 0.15) is 11.5 Å². The molecule has 0 saturated carbocycles. The van der Waals surface area contributed by atoms with Crippen molar-refractivity contribution in [3.8, 4) is 65.5 Å². The average Bonchev–Trinajstić information content (AvgIpc) is 1.51. The fourth-order valence-corrected chi connectivity index (χ4v) is 18.2. The molecule has 8 aromatic heterocycles. The first-order valence-corrected chi connectivity index (χ1v) is 39.6. The molecule has 0 fully saturated rings. The van der Waals surface area contributed by atoms with Crippen LogP contribution in [0.4, 0.5) is 13.2 Å². The zero-order valence-corrected chi connectivity index (χ0v) is 74.7. The molecule has 117 heavy (non-hydrogen) atoms. The maximum Gasteiger partial charge on any atom is 0.416 e. The molecule has 0 spiro atoms. The number of para-hydroxylation sites is 1. The minimum Gasteiger partial charge on any atom is -0.437 e. The van der Waals surface area contributed by atoms with E-state index in [-0.39, 0.29) is 92.1 Å². The van der Waals surface area contributed by atoms with E-state index in [0.29, 0.717) is 16.7 Å². The number of ether oxygens (including phenoxy) is 2. The number of hydrogen-bond donors (Lipinski definition) is 0. The van der Waals surface area contributed by atoms with Gasteiger partial charge in [-0.2, -0.15) is 38.7 Å². The Kier molecular flexibility index (Phi) is 24.5. The Morgan fingerprint density at radius 1 is 0.308 bits per heavy atom. The summed E-state index contributed by atoms with van der Waals surface area (Å²) < 4.78 is 55.7. The van der Waals surface area contributed by atoms with Gasteiger partial charge in [-0.1, -0.05) is 200 Å². The Labute approximate surface area is 742 Å². The van der Waals surface area contributed by atoms with Crippen LogP contribution in [0, 0.1) is 38.1 Å². The molecule has 22 heteroatoms. The van der Waals surface area contributed by atoms with Gasteiger partial charge >= 0.3 is 6.18 Å². The molecule has 0 aliphatic carbocycles. The van der Waals surface area contributed by atoms with E-state index in [1.165, 1.54) is 37.0 Å². The minimum absolute atomic E-state index is 0. The van der Waals surface area contributed by atoms with Gasteiger partial charge in [0.2, 0.25) is 11.8 Å². The first-order chi connectivity index (χ1) is 55.3. The smallest absolute Gasteiger partial charge is 0.416 e. The maximum atomic E-state index is 12.9. The summed E-state index contributed by atoms with van der Waals surface area (Å²) in [6, 6.07) is 107. The number of hydrogen-bond acceptors (Lipinski definition) is 14. The predicted molar refractivity (Wildman–Crippen MR) is 459 cm³/mol. The number of rotatable bonds is 8. The van der Waals surface area contributed by atoms with Crippen LogP contribution < -0.4 is 9.47 Å². The van der Waals surface area contributed by atoms with Gasteiger partial charge in [-0.15, -0.1) is 110 Å². The molecule has 10 nitrogen and oxygen atoms in total. The van der Waals surface area contributed by atoms with Crippen molar-refractivity contribution in [2.24, 2.45) is 0 Å². The third kappa shape index (κ3) is 16.7. The summed E-state index contributed by atoms with van der Waals surface area (Å²) in [5.41, 5.74) is 4.67. The summed E-state index contributed by atoms with van der Waals surface area (Å²) in [6.45, 7) is 4.10. The van der Waals surface area contributed by atoms with E-state index in [1.54, 1.807) is 45.3 Å². The second kappa shape index (κ2) is 35.0. The molecule has 0 aliphatic heterocycles. The van der Waals surface area contributed by atoms with Gasteiger partial charge in [0.15, 0.2) is 5.15 Å². The SMILES string of the molecule is Cc1cccc(C)c1Oc1nnc(-c2[c-]c3ccccc3s2)c2cc3ccccc3cc12.Clc1nnc(-c2[c-]c3ccccc3s2)c2cc3ccccc3cc12.FC(F)(F)c1ccc(Oc2nnc(-c3[c-]c4ccccc4s3)c3cc4ccccc4cc23)cc1.[Ir].[Ir].[Ir].[Ir].[c-]1c(-c2nncc3cc4ccccc4cc23)sc2ccccc12. The summed E-state index contributed by atoms with van der Waals surface area (Å²) in [7, 11) is 0. The Morgan fingerprint density at radius 3 is 1.01 bits per heavy atom. The topological polar surface area (TPSA) is 122 Å². The van der Waals surface area contributed by atoms with Gasteiger partial charge in [0.25, 0.3) is 0 Å². The number of fused-ring (bicyclic) bond motifs is 12. The molecule has 578 valence electrons. The molecule has 0 N–H and O–H groups in total. The Balaban J connectivity index is 0.000000122. The van der Waals surface area contributed by atoms with Crippen molar-refractivity contribution in [1.82, 2.24) is 40.8 Å². The standard InChI is InChI=1S/C28H19N2OS.C27H14F3N2OS.C20H10ClN2S.C20H11N2S.4Ir/c1-17-8-7-9-18(2)27(17)31-28-23-15-20-11-4-3-10-19(20)14-22(23)26(29-30-28)25-16-21-12-5-6-13-24(21)32-25;28-27(29,30)19-9-11-20(12-10-19)33-26-22-14-17-6-2-1-5-16(17)13-21(22)25(31-32-26)24-15-18-7-3-4-8-23(18)34-24;21-20-16-10-13-6-2-1-5-12(13)9-15(16)19(22-23-20)18-11-14-7-3-4-8-17(14)24-18;1-2-6-14-10-17-16(9-13(14)5-1)12-21-22-20(17)19-11-15-7-3-4-8-18(15)23-19;;;;/h3-15H,1-2H3;1-14H;1-10H;1-10,12H;;;;/q4*-1;;;;. The quantitative estimate of drug-likeness (QED) is 0.107. The van der Waals surface area contributed by atoms with Crippen LogP contribution in [0.3, 0.4) is 0 Å². The largest absolute Gasteiger partial charge is 0.437 e.